The molecule has 0 atom stereocenters. The number of amides is 2. The topological polar surface area (TPSA) is 146 Å². The number of carbonyl (C=O) groups excluding carboxylic acids is 3. The molecule has 2 aromatic rings. The zero-order valence-electron chi connectivity index (χ0n) is 17.9. The number of carbonyl (C=O) groups is 3. The first-order valence-electron chi connectivity index (χ1n) is 9.86. The van der Waals surface area contributed by atoms with Gasteiger partial charge in [0.25, 0.3) is 17.5 Å². The molecule has 0 aliphatic rings. The second kappa shape index (κ2) is 12.2. The van der Waals surface area contributed by atoms with E-state index in [1.54, 1.807) is 6.92 Å². The van der Waals surface area contributed by atoms with Crippen LogP contribution in [0.3, 0.4) is 0 Å². The van der Waals surface area contributed by atoms with Crippen LogP contribution >= 0.6 is 11.6 Å². The van der Waals surface area contributed by atoms with Crippen molar-refractivity contribution >= 4 is 35.1 Å². The summed E-state index contributed by atoms with van der Waals surface area (Å²) in [5.41, 5.74) is 3.86. The van der Waals surface area contributed by atoms with Crippen molar-refractivity contribution in [1.82, 2.24) is 10.9 Å². The molecule has 2 N–H and O–H groups in total. The molecule has 0 unspecified atom stereocenters. The van der Waals surface area contributed by atoms with Crippen LogP contribution in [0.25, 0.3) is 0 Å². The van der Waals surface area contributed by atoms with Crippen molar-refractivity contribution in [2.45, 2.75) is 20.3 Å². The second-order valence-corrected chi connectivity index (χ2v) is 6.86. The number of nitrogens with zero attached hydrogens (tertiary/aromatic N) is 1. The summed E-state index contributed by atoms with van der Waals surface area (Å²) >= 11 is 6.20. The molecule has 0 heterocycles. The van der Waals surface area contributed by atoms with Crippen molar-refractivity contribution < 1.29 is 33.5 Å². The van der Waals surface area contributed by atoms with E-state index in [9.17, 15) is 24.5 Å². The molecule has 0 fully saturated rings. The fourth-order valence-electron chi connectivity index (χ4n) is 2.50. The Morgan fingerprint density at radius 3 is 2.48 bits per heavy atom. The molecule has 176 valence electrons. The largest absolute Gasteiger partial charge is 0.490 e. The van der Waals surface area contributed by atoms with E-state index in [1.165, 1.54) is 30.3 Å². The van der Waals surface area contributed by atoms with Crippen molar-refractivity contribution in [2.75, 3.05) is 19.8 Å². The zero-order valence-corrected chi connectivity index (χ0v) is 18.6. The van der Waals surface area contributed by atoms with Gasteiger partial charge in [0.05, 0.1) is 28.7 Å². The predicted molar refractivity (Wildman–Crippen MR) is 117 cm³/mol. The number of nitrogens with one attached hydrogen (secondary N) is 2. The third-order valence-electron chi connectivity index (χ3n) is 3.96. The lowest BCUT2D eigenvalue weighted by atomic mass is 10.2. The van der Waals surface area contributed by atoms with Gasteiger partial charge in [-0.1, -0.05) is 24.6 Å². The lowest BCUT2D eigenvalue weighted by molar-refractivity contribution is -0.384. The molecule has 0 saturated carbocycles. The number of benzene rings is 2. The average Bonchev–Trinajstić information content (AvgIpc) is 2.80. The summed E-state index contributed by atoms with van der Waals surface area (Å²) in [5, 5.41) is 10.9. The van der Waals surface area contributed by atoms with Crippen molar-refractivity contribution in [3.63, 3.8) is 0 Å². The van der Waals surface area contributed by atoms with Gasteiger partial charge in [0.2, 0.25) is 0 Å². The molecule has 0 aromatic heterocycles. The van der Waals surface area contributed by atoms with Gasteiger partial charge >= 0.3 is 5.97 Å². The molecular formula is C21H22ClN3O8. The molecule has 0 aliphatic carbocycles. The molecular weight excluding hydrogens is 458 g/mol. The number of hydrogen-bond donors (Lipinski definition) is 2. The Hall–Kier alpha value is -3.86. The Morgan fingerprint density at radius 1 is 1.06 bits per heavy atom. The standard InChI is InChI=1S/C21H22ClN3O8/c1-3-8-32-19-16(22)10-14(11-17(19)31-4-2)21(28)33-12-18(26)23-24-20(27)13-6-5-7-15(9-13)25(29)30/h5-7,9-11H,3-4,8,12H2,1-2H3,(H,23,26)(H,24,27). The molecule has 33 heavy (non-hydrogen) atoms. The number of hydrogen-bond acceptors (Lipinski definition) is 8. The second-order valence-electron chi connectivity index (χ2n) is 6.45. The number of non-ortho nitro benzene ring substituents is 1. The van der Waals surface area contributed by atoms with Crippen LogP contribution in [0, 0.1) is 10.1 Å². The van der Waals surface area contributed by atoms with Gasteiger partial charge in [-0.15, -0.1) is 0 Å². The molecule has 0 radical (unpaired) electrons. The molecule has 2 amide bonds. The van der Waals surface area contributed by atoms with Gasteiger partial charge in [0, 0.05) is 17.7 Å². The van der Waals surface area contributed by atoms with Crippen molar-refractivity contribution in [3.8, 4) is 11.5 Å². The van der Waals surface area contributed by atoms with Gasteiger partial charge in [-0.25, -0.2) is 4.79 Å². The van der Waals surface area contributed by atoms with Crippen LogP contribution in [-0.4, -0.2) is 42.5 Å². The molecule has 0 aliphatic heterocycles. The smallest absolute Gasteiger partial charge is 0.338 e. The Bertz CT molecular complexity index is 1040. The van der Waals surface area contributed by atoms with Crippen molar-refractivity contribution in [1.29, 1.82) is 0 Å². The normalized spacial score (nSPS) is 10.2. The molecule has 0 bridgehead atoms. The van der Waals surface area contributed by atoms with Crippen LogP contribution in [-0.2, 0) is 9.53 Å². The number of nitro groups is 1. The lowest BCUT2D eigenvalue weighted by Crippen LogP contribution is -2.43. The van der Waals surface area contributed by atoms with E-state index < -0.39 is 29.3 Å². The monoisotopic (exact) mass is 479 g/mol. The fraction of sp³-hybridized carbons (Fsp3) is 0.286. The highest BCUT2D eigenvalue weighted by Crippen LogP contribution is 2.37. The van der Waals surface area contributed by atoms with Crippen LogP contribution in [0.4, 0.5) is 5.69 Å². The summed E-state index contributed by atoms with van der Waals surface area (Å²) in [6, 6.07) is 7.67. The molecule has 2 rings (SSSR count). The van der Waals surface area contributed by atoms with Gasteiger partial charge in [0.1, 0.15) is 0 Å². The molecule has 12 heteroatoms. The first kappa shape index (κ1) is 25.4. The van der Waals surface area contributed by atoms with E-state index in [4.69, 9.17) is 25.8 Å². The summed E-state index contributed by atoms with van der Waals surface area (Å²) in [6.45, 7) is 3.70. The summed E-state index contributed by atoms with van der Waals surface area (Å²) in [4.78, 5) is 46.4. The molecule has 0 spiro atoms. The van der Waals surface area contributed by atoms with E-state index in [0.717, 1.165) is 12.5 Å². The highest BCUT2D eigenvalue weighted by atomic mass is 35.5. The Kier molecular flexibility index (Phi) is 9.43. The minimum Gasteiger partial charge on any atom is -0.490 e. The highest BCUT2D eigenvalue weighted by Gasteiger charge is 2.18. The summed E-state index contributed by atoms with van der Waals surface area (Å²) in [6.07, 6.45) is 0.749. The van der Waals surface area contributed by atoms with Crippen LogP contribution in [0.1, 0.15) is 41.0 Å². The molecule has 2 aromatic carbocycles. The van der Waals surface area contributed by atoms with Gasteiger partial charge in [-0.05, 0) is 31.5 Å². The molecule has 11 nitrogen and oxygen atoms in total. The van der Waals surface area contributed by atoms with E-state index in [2.05, 4.69) is 10.9 Å². The minimum atomic E-state index is -0.847. The van der Waals surface area contributed by atoms with Crippen LogP contribution in [0.5, 0.6) is 11.5 Å². The number of ether oxygens (including phenoxy) is 3. The Labute approximate surface area is 194 Å². The van der Waals surface area contributed by atoms with Gasteiger partial charge in [-0.2, -0.15) is 0 Å². The predicted octanol–water partition coefficient (Wildman–Crippen LogP) is 3.05. The fourth-order valence-corrected chi connectivity index (χ4v) is 2.77. The number of nitro benzene ring substituents is 1. The number of hydrazine groups is 1. The number of esters is 1. The SMILES string of the molecule is CCCOc1c(Cl)cc(C(=O)OCC(=O)NNC(=O)c2cccc([N+](=O)[O-])c2)cc1OCC. The Balaban J connectivity index is 1.94. The first-order valence-corrected chi connectivity index (χ1v) is 10.2. The number of rotatable bonds is 10. The number of halogens is 1. The van der Waals surface area contributed by atoms with E-state index >= 15 is 0 Å². The quantitative estimate of drug-likeness (QED) is 0.300. The highest BCUT2D eigenvalue weighted by molar-refractivity contribution is 6.32. The van der Waals surface area contributed by atoms with E-state index in [1.807, 2.05) is 6.92 Å². The Morgan fingerprint density at radius 2 is 1.82 bits per heavy atom. The van der Waals surface area contributed by atoms with Gasteiger partial charge in [-0.3, -0.25) is 30.6 Å². The van der Waals surface area contributed by atoms with Crippen LogP contribution in [0.15, 0.2) is 36.4 Å². The summed E-state index contributed by atoms with van der Waals surface area (Å²) in [7, 11) is 0. The van der Waals surface area contributed by atoms with Crippen LogP contribution in [0.2, 0.25) is 5.02 Å². The maximum atomic E-state index is 12.3. The maximum absolute atomic E-state index is 12.3. The third-order valence-corrected chi connectivity index (χ3v) is 4.25. The lowest BCUT2D eigenvalue weighted by Gasteiger charge is -2.14. The molecule has 0 saturated heterocycles. The van der Waals surface area contributed by atoms with Crippen LogP contribution < -0.4 is 20.3 Å². The van der Waals surface area contributed by atoms with Gasteiger partial charge in [0.15, 0.2) is 18.1 Å². The van der Waals surface area contributed by atoms with E-state index in [-0.39, 0.29) is 27.6 Å². The zero-order chi connectivity index (χ0) is 24.4. The van der Waals surface area contributed by atoms with Crippen molar-refractivity contribution in [2.24, 2.45) is 0 Å². The minimum absolute atomic E-state index is 0.0371. The van der Waals surface area contributed by atoms with E-state index in [0.29, 0.717) is 19.0 Å². The van der Waals surface area contributed by atoms with Crippen molar-refractivity contribution in [3.05, 3.63) is 62.7 Å². The summed E-state index contributed by atoms with van der Waals surface area (Å²) in [5.74, 6) is -1.90. The maximum Gasteiger partial charge on any atom is 0.338 e. The average molecular weight is 480 g/mol. The third kappa shape index (κ3) is 7.35. The summed E-state index contributed by atoms with van der Waals surface area (Å²) < 4.78 is 16.0. The first-order chi connectivity index (χ1) is 15.8. The van der Waals surface area contributed by atoms with Gasteiger partial charge < -0.3 is 14.2 Å².